The van der Waals surface area contributed by atoms with Crippen LogP contribution in [-0.2, 0) is 12.8 Å². The molecule has 0 atom stereocenters. The molecule has 3 aromatic rings. The fraction of sp³-hybridized carbons (Fsp3) is 0.227. The van der Waals surface area contributed by atoms with Crippen molar-refractivity contribution in [3.63, 3.8) is 0 Å². The van der Waals surface area contributed by atoms with E-state index < -0.39 is 11.7 Å². The van der Waals surface area contributed by atoms with Crippen molar-refractivity contribution in [1.82, 2.24) is 4.98 Å². The van der Waals surface area contributed by atoms with Crippen molar-refractivity contribution in [3.05, 3.63) is 64.8 Å². The molecule has 0 saturated heterocycles. The summed E-state index contributed by atoms with van der Waals surface area (Å²) in [6, 6.07) is 9.66. The average molecular weight is 417 g/mol. The number of benzene rings is 2. The molecular weight excluding hydrogens is 399 g/mol. The van der Waals surface area contributed by atoms with Crippen LogP contribution < -0.4 is 9.47 Å². The molecule has 1 aromatic heterocycles. The molecule has 1 heterocycles. The van der Waals surface area contributed by atoms with E-state index >= 15 is 0 Å². The SMILES string of the molecule is COc1ccc(COc2ccc3nc(C(C)=O)cc(C(C)=O)c3c2)c(C(F)(F)F)c1. The van der Waals surface area contributed by atoms with Crippen LogP contribution in [0.5, 0.6) is 11.5 Å². The second-order valence-corrected chi connectivity index (χ2v) is 6.66. The standard InChI is InChI=1S/C22H18F3NO4/c1-12(27)17-10-21(13(2)28)26-20-7-6-16(8-18(17)20)30-11-14-4-5-15(29-3)9-19(14)22(23,24)25/h4-10H,11H2,1-3H3. The summed E-state index contributed by atoms with van der Waals surface area (Å²) in [6.07, 6.45) is -4.56. The van der Waals surface area contributed by atoms with Gasteiger partial charge in [0.15, 0.2) is 11.6 Å². The summed E-state index contributed by atoms with van der Waals surface area (Å²) in [7, 11) is 1.29. The van der Waals surface area contributed by atoms with Crippen LogP contribution in [0.2, 0.25) is 0 Å². The van der Waals surface area contributed by atoms with Crippen LogP contribution in [0.3, 0.4) is 0 Å². The monoisotopic (exact) mass is 417 g/mol. The number of hydrogen-bond acceptors (Lipinski definition) is 5. The summed E-state index contributed by atoms with van der Waals surface area (Å²) in [5, 5.41) is 0.454. The molecule has 0 unspecified atom stereocenters. The predicted molar refractivity (Wildman–Crippen MR) is 104 cm³/mol. The number of fused-ring (bicyclic) bond motifs is 1. The number of carbonyl (C=O) groups is 2. The maximum absolute atomic E-state index is 13.4. The summed E-state index contributed by atoms with van der Waals surface area (Å²) in [6.45, 7) is 2.38. The number of aromatic nitrogens is 1. The molecule has 30 heavy (non-hydrogen) atoms. The number of methoxy groups -OCH3 is 1. The third-order valence-corrected chi connectivity index (χ3v) is 4.54. The lowest BCUT2D eigenvalue weighted by molar-refractivity contribution is -0.138. The molecule has 3 rings (SSSR count). The van der Waals surface area contributed by atoms with E-state index in [2.05, 4.69) is 4.98 Å². The fourth-order valence-electron chi connectivity index (χ4n) is 3.00. The second-order valence-electron chi connectivity index (χ2n) is 6.66. The highest BCUT2D eigenvalue weighted by Gasteiger charge is 2.34. The predicted octanol–water partition coefficient (Wildman–Crippen LogP) is 5.25. The number of alkyl halides is 3. The molecule has 2 aromatic carbocycles. The molecule has 0 aliphatic heterocycles. The first-order chi connectivity index (χ1) is 14.1. The zero-order valence-electron chi connectivity index (χ0n) is 16.5. The molecule has 0 aliphatic rings. The van der Waals surface area contributed by atoms with E-state index in [1.54, 1.807) is 6.07 Å². The van der Waals surface area contributed by atoms with E-state index in [0.29, 0.717) is 10.9 Å². The van der Waals surface area contributed by atoms with E-state index in [-0.39, 0.29) is 46.5 Å². The molecule has 0 saturated carbocycles. The van der Waals surface area contributed by atoms with Crippen molar-refractivity contribution >= 4 is 22.5 Å². The van der Waals surface area contributed by atoms with Gasteiger partial charge < -0.3 is 9.47 Å². The topological polar surface area (TPSA) is 65.5 Å². The molecule has 0 radical (unpaired) electrons. The minimum Gasteiger partial charge on any atom is -0.497 e. The van der Waals surface area contributed by atoms with Crippen molar-refractivity contribution in [2.45, 2.75) is 26.6 Å². The summed E-state index contributed by atoms with van der Waals surface area (Å²) < 4.78 is 50.5. The second kappa shape index (κ2) is 8.14. The van der Waals surface area contributed by atoms with Crippen LogP contribution in [0.4, 0.5) is 13.2 Å². The molecule has 8 heteroatoms. The van der Waals surface area contributed by atoms with Gasteiger partial charge in [0.2, 0.25) is 0 Å². The number of rotatable bonds is 6. The molecule has 0 bridgehead atoms. The molecule has 0 aliphatic carbocycles. The van der Waals surface area contributed by atoms with E-state index in [9.17, 15) is 22.8 Å². The third kappa shape index (κ3) is 4.42. The Kier molecular flexibility index (Phi) is 5.78. The molecule has 0 N–H and O–H groups in total. The van der Waals surface area contributed by atoms with Gasteiger partial charge in [-0.15, -0.1) is 0 Å². The first-order valence-corrected chi connectivity index (χ1v) is 8.93. The Morgan fingerprint density at radius 1 is 0.967 bits per heavy atom. The summed E-state index contributed by atoms with van der Waals surface area (Å²) in [5.41, 5.74) is -0.0359. The number of halogens is 3. The largest absolute Gasteiger partial charge is 0.497 e. The highest BCUT2D eigenvalue weighted by atomic mass is 19.4. The van der Waals surface area contributed by atoms with Crippen LogP contribution in [-0.4, -0.2) is 23.7 Å². The van der Waals surface area contributed by atoms with Gasteiger partial charge in [0, 0.05) is 23.4 Å². The number of pyridine rings is 1. The van der Waals surface area contributed by atoms with Crippen LogP contribution in [0.15, 0.2) is 42.5 Å². The molecule has 0 amide bonds. The number of hydrogen-bond donors (Lipinski definition) is 0. The molecular formula is C22H18F3NO4. The minimum atomic E-state index is -4.56. The van der Waals surface area contributed by atoms with Gasteiger partial charge in [-0.05, 0) is 43.3 Å². The molecule has 0 fully saturated rings. The summed E-state index contributed by atoms with van der Waals surface area (Å²) in [5.74, 6) is -0.183. The number of ether oxygens (including phenoxy) is 2. The number of ketones is 2. The van der Waals surface area contributed by atoms with Crippen LogP contribution in [0.25, 0.3) is 10.9 Å². The smallest absolute Gasteiger partial charge is 0.416 e. The molecule has 156 valence electrons. The minimum absolute atomic E-state index is 0.0553. The van der Waals surface area contributed by atoms with Crippen molar-refractivity contribution < 1.29 is 32.2 Å². The van der Waals surface area contributed by atoms with Gasteiger partial charge in [-0.1, -0.05) is 6.07 Å². The van der Waals surface area contributed by atoms with Crippen LogP contribution in [0, 0.1) is 0 Å². The van der Waals surface area contributed by atoms with Crippen molar-refractivity contribution in [1.29, 1.82) is 0 Å². The van der Waals surface area contributed by atoms with Gasteiger partial charge in [0.25, 0.3) is 0 Å². The zero-order valence-corrected chi connectivity index (χ0v) is 16.5. The first kappa shape index (κ1) is 21.3. The number of carbonyl (C=O) groups excluding carboxylic acids is 2. The number of nitrogens with zero attached hydrogens (tertiary/aromatic N) is 1. The third-order valence-electron chi connectivity index (χ3n) is 4.54. The van der Waals surface area contributed by atoms with Gasteiger partial charge in [0.05, 0.1) is 18.2 Å². The van der Waals surface area contributed by atoms with Crippen molar-refractivity contribution in [2.75, 3.05) is 7.11 Å². The first-order valence-electron chi connectivity index (χ1n) is 8.93. The number of Topliss-reactive ketones (excluding diaryl/α,β-unsaturated/α-hetero) is 2. The maximum atomic E-state index is 13.4. The van der Waals surface area contributed by atoms with Crippen LogP contribution in [0.1, 0.15) is 45.8 Å². The lowest BCUT2D eigenvalue weighted by Gasteiger charge is -2.15. The van der Waals surface area contributed by atoms with Gasteiger partial charge in [-0.3, -0.25) is 9.59 Å². The average Bonchev–Trinajstić information content (AvgIpc) is 2.70. The maximum Gasteiger partial charge on any atom is 0.416 e. The molecule has 0 spiro atoms. The zero-order chi connectivity index (χ0) is 22.1. The summed E-state index contributed by atoms with van der Waals surface area (Å²) in [4.78, 5) is 27.9. The Balaban J connectivity index is 1.96. The Bertz CT molecular complexity index is 1140. The van der Waals surface area contributed by atoms with E-state index in [1.807, 2.05) is 0 Å². The Hall–Kier alpha value is -3.42. The van der Waals surface area contributed by atoms with Gasteiger partial charge >= 0.3 is 6.18 Å². The van der Waals surface area contributed by atoms with Crippen LogP contribution >= 0.6 is 0 Å². The van der Waals surface area contributed by atoms with E-state index in [4.69, 9.17) is 9.47 Å². The fourth-order valence-corrected chi connectivity index (χ4v) is 3.00. The van der Waals surface area contributed by atoms with E-state index in [1.165, 1.54) is 51.3 Å². The molecule has 5 nitrogen and oxygen atoms in total. The highest BCUT2D eigenvalue weighted by molar-refractivity contribution is 6.08. The Morgan fingerprint density at radius 3 is 2.27 bits per heavy atom. The summed E-state index contributed by atoms with van der Waals surface area (Å²) >= 11 is 0. The quantitative estimate of drug-likeness (QED) is 0.513. The van der Waals surface area contributed by atoms with Gasteiger partial charge in [-0.25, -0.2) is 4.98 Å². The van der Waals surface area contributed by atoms with Crippen molar-refractivity contribution in [2.24, 2.45) is 0 Å². The lowest BCUT2D eigenvalue weighted by atomic mass is 10.0. The Morgan fingerprint density at radius 2 is 1.67 bits per heavy atom. The van der Waals surface area contributed by atoms with E-state index in [0.717, 1.165) is 6.07 Å². The Labute approximate surface area is 170 Å². The van der Waals surface area contributed by atoms with Crippen molar-refractivity contribution in [3.8, 4) is 11.5 Å². The lowest BCUT2D eigenvalue weighted by Crippen LogP contribution is -2.11. The van der Waals surface area contributed by atoms with Gasteiger partial charge in [0.1, 0.15) is 23.8 Å². The van der Waals surface area contributed by atoms with Gasteiger partial charge in [-0.2, -0.15) is 13.2 Å². The highest BCUT2D eigenvalue weighted by Crippen LogP contribution is 2.35. The normalized spacial score (nSPS) is 11.4.